The van der Waals surface area contributed by atoms with Crippen LogP contribution in [0.1, 0.15) is 27.0 Å². The van der Waals surface area contributed by atoms with Gasteiger partial charge in [0.15, 0.2) is 5.60 Å². The number of carbonyl (C=O) groups excluding carboxylic acids is 1. The third-order valence-corrected chi connectivity index (χ3v) is 4.93. The number of anilines is 2. The molecule has 1 heterocycles. The molecule has 4 nitrogen and oxygen atoms in total. The minimum Gasteiger partial charge on any atom is -0.441 e. The lowest BCUT2D eigenvalue weighted by Crippen LogP contribution is -2.29. The number of rotatable bonds is 4. The summed E-state index contributed by atoms with van der Waals surface area (Å²) >= 11 is 0. The molecule has 3 aromatic rings. The number of fused-ring (bicyclic) bond motifs is 1. The molecule has 130 valence electrons. The molecule has 0 amide bonds. The van der Waals surface area contributed by atoms with Gasteiger partial charge in [-0.25, -0.2) is 4.79 Å². The Labute approximate surface area is 152 Å². The molecule has 3 aromatic carbocycles. The Bertz CT molecular complexity index is 899. The zero-order valence-corrected chi connectivity index (χ0v) is 14.7. The molecule has 0 saturated heterocycles. The molecule has 0 fully saturated rings. The van der Waals surface area contributed by atoms with E-state index < -0.39 is 5.60 Å². The monoisotopic (exact) mass is 344 g/mol. The molecule has 0 unspecified atom stereocenters. The van der Waals surface area contributed by atoms with E-state index in [4.69, 9.17) is 4.74 Å². The van der Waals surface area contributed by atoms with Gasteiger partial charge in [-0.05, 0) is 30.3 Å². The van der Waals surface area contributed by atoms with E-state index in [1.54, 1.807) is 0 Å². The Hall–Kier alpha value is -3.27. The molecule has 0 bridgehead atoms. The van der Waals surface area contributed by atoms with E-state index in [-0.39, 0.29) is 5.97 Å². The van der Waals surface area contributed by atoms with Gasteiger partial charge in [-0.1, -0.05) is 42.5 Å². The molecule has 0 atom stereocenters. The number of esters is 1. The van der Waals surface area contributed by atoms with Crippen LogP contribution in [-0.2, 0) is 10.3 Å². The lowest BCUT2D eigenvalue weighted by Gasteiger charge is -2.30. The Morgan fingerprint density at radius 2 is 1.23 bits per heavy atom. The number of benzene rings is 3. The van der Waals surface area contributed by atoms with E-state index in [0.29, 0.717) is 5.56 Å². The number of carbonyl (C=O) groups is 1. The van der Waals surface area contributed by atoms with Crippen LogP contribution in [0.3, 0.4) is 0 Å². The molecule has 1 aliphatic rings. The van der Waals surface area contributed by atoms with Gasteiger partial charge < -0.3 is 15.4 Å². The molecule has 4 rings (SSSR count). The van der Waals surface area contributed by atoms with Crippen LogP contribution >= 0.6 is 0 Å². The quantitative estimate of drug-likeness (QED) is 0.696. The Morgan fingerprint density at radius 1 is 0.731 bits per heavy atom. The highest BCUT2D eigenvalue weighted by Gasteiger charge is 2.48. The van der Waals surface area contributed by atoms with Crippen LogP contribution in [-0.4, -0.2) is 20.1 Å². The van der Waals surface area contributed by atoms with Crippen LogP contribution in [0.15, 0.2) is 72.8 Å². The minimum atomic E-state index is -0.938. The van der Waals surface area contributed by atoms with Gasteiger partial charge >= 0.3 is 5.97 Å². The van der Waals surface area contributed by atoms with Gasteiger partial charge in [-0.3, -0.25) is 0 Å². The van der Waals surface area contributed by atoms with Crippen molar-refractivity contribution in [2.24, 2.45) is 0 Å². The van der Waals surface area contributed by atoms with Gasteiger partial charge in [0.1, 0.15) is 0 Å². The van der Waals surface area contributed by atoms with E-state index in [1.807, 2.05) is 86.9 Å². The summed E-state index contributed by atoms with van der Waals surface area (Å²) < 4.78 is 6.06. The fraction of sp³-hybridized carbons (Fsp3) is 0.136. The fourth-order valence-corrected chi connectivity index (χ4v) is 3.56. The molecule has 0 aromatic heterocycles. The highest BCUT2D eigenvalue weighted by atomic mass is 16.6. The minimum absolute atomic E-state index is 0.295. The first kappa shape index (κ1) is 16.2. The van der Waals surface area contributed by atoms with Gasteiger partial charge in [0.05, 0.1) is 5.56 Å². The standard InChI is InChI=1S/C22H20N2O2/c1-23-17-11-7-15(8-12-17)22(16-9-13-18(24-2)14-10-16)20-6-4-3-5-19(20)21(25)26-22/h3-14,23-24H,1-2H3. The molecule has 2 N–H and O–H groups in total. The van der Waals surface area contributed by atoms with Crippen LogP contribution in [0.4, 0.5) is 11.4 Å². The van der Waals surface area contributed by atoms with E-state index >= 15 is 0 Å². The van der Waals surface area contributed by atoms with Crippen molar-refractivity contribution >= 4 is 17.3 Å². The average Bonchev–Trinajstić information content (AvgIpc) is 3.02. The SMILES string of the molecule is CNc1ccc(C2(c3ccc(NC)cc3)OC(=O)c3ccccc32)cc1. The van der Waals surface area contributed by atoms with Crippen LogP contribution < -0.4 is 10.6 Å². The summed E-state index contributed by atoms with van der Waals surface area (Å²) in [6.07, 6.45) is 0. The largest absolute Gasteiger partial charge is 0.441 e. The Morgan fingerprint density at radius 3 is 1.73 bits per heavy atom. The smallest absolute Gasteiger partial charge is 0.340 e. The van der Waals surface area contributed by atoms with Crippen molar-refractivity contribution in [3.63, 3.8) is 0 Å². The van der Waals surface area contributed by atoms with Crippen molar-refractivity contribution in [2.75, 3.05) is 24.7 Å². The van der Waals surface area contributed by atoms with Crippen LogP contribution in [0.2, 0.25) is 0 Å². The molecule has 0 saturated carbocycles. The fourth-order valence-electron chi connectivity index (χ4n) is 3.56. The average molecular weight is 344 g/mol. The predicted octanol–water partition coefficient (Wildman–Crippen LogP) is 4.23. The van der Waals surface area contributed by atoms with Gasteiger partial charge in [-0.15, -0.1) is 0 Å². The number of hydrogen-bond donors (Lipinski definition) is 2. The molecule has 1 aliphatic heterocycles. The molecule has 0 aliphatic carbocycles. The second-order valence-electron chi connectivity index (χ2n) is 6.27. The van der Waals surface area contributed by atoms with Crippen molar-refractivity contribution in [2.45, 2.75) is 5.60 Å². The zero-order chi connectivity index (χ0) is 18.1. The maximum Gasteiger partial charge on any atom is 0.340 e. The molecule has 4 heteroatoms. The zero-order valence-electron chi connectivity index (χ0n) is 14.7. The Balaban J connectivity index is 1.96. The van der Waals surface area contributed by atoms with Crippen molar-refractivity contribution in [3.05, 3.63) is 95.1 Å². The third-order valence-electron chi connectivity index (χ3n) is 4.93. The van der Waals surface area contributed by atoms with Crippen LogP contribution in [0.25, 0.3) is 0 Å². The number of ether oxygens (including phenoxy) is 1. The normalized spacial score (nSPS) is 14.5. The molecule has 0 radical (unpaired) electrons. The van der Waals surface area contributed by atoms with E-state index in [9.17, 15) is 4.79 Å². The maximum absolute atomic E-state index is 12.6. The first-order valence-corrected chi connectivity index (χ1v) is 8.58. The summed E-state index contributed by atoms with van der Waals surface area (Å²) in [6, 6.07) is 23.6. The summed E-state index contributed by atoms with van der Waals surface area (Å²) in [5.41, 5.74) is 4.41. The summed E-state index contributed by atoms with van der Waals surface area (Å²) in [7, 11) is 3.76. The van der Waals surface area contributed by atoms with E-state index in [2.05, 4.69) is 10.6 Å². The number of hydrogen-bond acceptors (Lipinski definition) is 4. The van der Waals surface area contributed by atoms with Crippen LogP contribution in [0, 0.1) is 0 Å². The summed E-state index contributed by atoms with van der Waals surface area (Å²) in [5.74, 6) is -0.295. The highest BCUT2D eigenvalue weighted by Crippen LogP contribution is 2.47. The predicted molar refractivity (Wildman–Crippen MR) is 104 cm³/mol. The lowest BCUT2D eigenvalue weighted by molar-refractivity contribution is 0.0251. The van der Waals surface area contributed by atoms with Crippen molar-refractivity contribution in [1.29, 1.82) is 0 Å². The first-order valence-electron chi connectivity index (χ1n) is 8.58. The summed E-state index contributed by atoms with van der Waals surface area (Å²) in [5, 5.41) is 6.25. The third kappa shape index (κ3) is 2.34. The second-order valence-corrected chi connectivity index (χ2v) is 6.27. The van der Waals surface area contributed by atoms with Crippen molar-refractivity contribution in [3.8, 4) is 0 Å². The highest BCUT2D eigenvalue weighted by molar-refractivity contribution is 5.96. The van der Waals surface area contributed by atoms with Crippen molar-refractivity contribution in [1.82, 2.24) is 0 Å². The topological polar surface area (TPSA) is 50.4 Å². The summed E-state index contributed by atoms with van der Waals surface area (Å²) in [4.78, 5) is 12.6. The summed E-state index contributed by atoms with van der Waals surface area (Å²) in [6.45, 7) is 0. The lowest BCUT2D eigenvalue weighted by atomic mass is 9.80. The number of cyclic esters (lactones) is 1. The number of nitrogens with one attached hydrogen (secondary N) is 2. The molecular formula is C22H20N2O2. The first-order chi connectivity index (χ1) is 12.7. The molecular weight excluding hydrogens is 324 g/mol. The van der Waals surface area contributed by atoms with E-state index in [0.717, 1.165) is 28.1 Å². The van der Waals surface area contributed by atoms with Crippen LogP contribution in [0.5, 0.6) is 0 Å². The van der Waals surface area contributed by atoms with Gasteiger partial charge in [0.2, 0.25) is 0 Å². The van der Waals surface area contributed by atoms with Gasteiger partial charge in [0, 0.05) is 42.2 Å². The van der Waals surface area contributed by atoms with Gasteiger partial charge in [0.25, 0.3) is 0 Å². The molecule has 26 heavy (non-hydrogen) atoms. The second kappa shape index (κ2) is 6.23. The van der Waals surface area contributed by atoms with Gasteiger partial charge in [-0.2, -0.15) is 0 Å². The Kier molecular flexibility index (Phi) is 3.88. The molecule has 0 spiro atoms. The van der Waals surface area contributed by atoms with E-state index in [1.165, 1.54) is 0 Å². The van der Waals surface area contributed by atoms with Crippen molar-refractivity contribution < 1.29 is 9.53 Å². The maximum atomic E-state index is 12.6.